The third-order valence-electron chi connectivity index (χ3n) is 3.73. The first kappa shape index (κ1) is 14.6. The smallest absolute Gasteiger partial charge is 0.340 e. The number of carbonyl (C=O) groups excluding carboxylic acids is 1. The Morgan fingerprint density at radius 3 is 3.05 bits per heavy atom. The summed E-state index contributed by atoms with van der Waals surface area (Å²) in [6.07, 6.45) is 5.69. The first-order valence-corrected chi connectivity index (χ1v) is 6.89. The molecule has 1 aromatic heterocycles. The summed E-state index contributed by atoms with van der Waals surface area (Å²) in [5.41, 5.74) is 6.71. The minimum Gasteiger partial charge on any atom is -0.465 e. The van der Waals surface area contributed by atoms with E-state index in [4.69, 9.17) is 10.5 Å². The van der Waals surface area contributed by atoms with Crippen LogP contribution in [0.4, 0.5) is 11.5 Å². The lowest BCUT2D eigenvalue weighted by Crippen LogP contribution is -2.38. The summed E-state index contributed by atoms with van der Waals surface area (Å²) < 4.78 is 4.72. The molecule has 2 rings (SSSR count). The highest BCUT2D eigenvalue weighted by Gasteiger charge is 2.25. The van der Waals surface area contributed by atoms with Gasteiger partial charge >= 0.3 is 5.97 Å². The van der Waals surface area contributed by atoms with Gasteiger partial charge < -0.3 is 20.5 Å². The van der Waals surface area contributed by atoms with Crippen LogP contribution in [0.15, 0.2) is 12.3 Å². The predicted octanol–water partition coefficient (Wildman–Crippen LogP) is 1.19. The van der Waals surface area contributed by atoms with Crippen LogP contribution in [0.3, 0.4) is 0 Å². The van der Waals surface area contributed by atoms with E-state index in [2.05, 4.69) is 4.98 Å². The van der Waals surface area contributed by atoms with Crippen LogP contribution in [0.25, 0.3) is 0 Å². The number of nitrogens with zero attached hydrogens (tertiary/aromatic N) is 2. The van der Waals surface area contributed by atoms with Gasteiger partial charge in [0.05, 0.1) is 31.0 Å². The topological polar surface area (TPSA) is 88.7 Å². The lowest BCUT2D eigenvalue weighted by atomic mass is 10.1. The van der Waals surface area contributed by atoms with Crippen molar-refractivity contribution in [3.8, 4) is 0 Å². The van der Waals surface area contributed by atoms with Gasteiger partial charge in [-0.05, 0) is 18.9 Å². The molecule has 1 fully saturated rings. The first-order chi connectivity index (χ1) is 9.69. The van der Waals surface area contributed by atoms with E-state index in [0.717, 1.165) is 32.2 Å². The number of esters is 1. The average molecular weight is 279 g/mol. The molecule has 20 heavy (non-hydrogen) atoms. The molecule has 6 heteroatoms. The van der Waals surface area contributed by atoms with Crippen LogP contribution in [0.2, 0.25) is 0 Å². The Hall–Kier alpha value is -1.82. The quantitative estimate of drug-likeness (QED) is 0.808. The number of methoxy groups -OCH3 is 1. The van der Waals surface area contributed by atoms with E-state index < -0.39 is 5.97 Å². The highest BCUT2D eigenvalue weighted by Crippen LogP contribution is 2.29. The van der Waals surface area contributed by atoms with Crippen molar-refractivity contribution >= 4 is 17.5 Å². The molecule has 1 atom stereocenters. The van der Waals surface area contributed by atoms with Crippen molar-refractivity contribution in [2.45, 2.75) is 31.7 Å². The lowest BCUT2D eigenvalue weighted by molar-refractivity contribution is 0.0602. The number of carbonyl (C=O) groups is 1. The summed E-state index contributed by atoms with van der Waals surface area (Å²) in [7, 11) is 1.32. The van der Waals surface area contributed by atoms with Crippen LogP contribution in [0.1, 0.15) is 36.0 Å². The Balaban J connectivity index is 2.37. The molecule has 0 bridgehead atoms. The Morgan fingerprint density at radius 1 is 1.55 bits per heavy atom. The molecule has 0 radical (unpaired) electrons. The monoisotopic (exact) mass is 279 g/mol. The Morgan fingerprint density at radius 2 is 2.35 bits per heavy atom. The molecule has 2 heterocycles. The minimum atomic E-state index is -0.471. The number of ether oxygens (including phenoxy) is 1. The van der Waals surface area contributed by atoms with Crippen LogP contribution in [-0.2, 0) is 4.74 Å². The second-order valence-electron chi connectivity index (χ2n) is 4.97. The number of aliphatic hydroxyl groups is 1. The maximum atomic E-state index is 11.7. The number of hydrogen-bond donors (Lipinski definition) is 2. The molecule has 0 spiro atoms. The van der Waals surface area contributed by atoms with Gasteiger partial charge in [-0.15, -0.1) is 0 Å². The summed E-state index contributed by atoms with van der Waals surface area (Å²) in [5.74, 6) is 0.0929. The van der Waals surface area contributed by atoms with Crippen LogP contribution < -0.4 is 10.6 Å². The van der Waals surface area contributed by atoms with Crippen LogP contribution >= 0.6 is 0 Å². The number of nitrogen functional groups attached to an aromatic ring is 1. The lowest BCUT2D eigenvalue weighted by Gasteiger charge is -2.30. The molecule has 1 saturated heterocycles. The maximum Gasteiger partial charge on any atom is 0.340 e. The Labute approximate surface area is 118 Å². The molecule has 0 aliphatic carbocycles. The highest BCUT2D eigenvalue weighted by molar-refractivity contribution is 5.97. The van der Waals surface area contributed by atoms with Crippen molar-refractivity contribution in [1.82, 2.24) is 4.98 Å². The van der Waals surface area contributed by atoms with Crippen molar-refractivity contribution < 1.29 is 14.6 Å². The van der Waals surface area contributed by atoms with Gasteiger partial charge in [-0.2, -0.15) is 0 Å². The molecule has 1 aliphatic heterocycles. The number of anilines is 2. The van der Waals surface area contributed by atoms with Gasteiger partial charge in [0, 0.05) is 12.7 Å². The van der Waals surface area contributed by atoms with Crippen molar-refractivity contribution in [2.75, 3.05) is 30.9 Å². The average Bonchev–Trinajstić information content (AvgIpc) is 2.71. The van der Waals surface area contributed by atoms with Crippen molar-refractivity contribution in [2.24, 2.45) is 0 Å². The molecule has 1 unspecified atom stereocenters. The molecule has 0 saturated carbocycles. The number of hydrogen-bond acceptors (Lipinski definition) is 6. The van der Waals surface area contributed by atoms with Crippen molar-refractivity contribution in [3.63, 3.8) is 0 Å². The fourth-order valence-electron chi connectivity index (χ4n) is 2.62. The fraction of sp³-hybridized carbons (Fsp3) is 0.571. The third kappa shape index (κ3) is 2.85. The molecule has 1 aliphatic rings. The zero-order valence-electron chi connectivity index (χ0n) is 11.7. The molecule has 6 nitrogen and oxygen atoms in total. The van der Waals surface area contributed by atoms with E-state index in [1.807, 2.05) is 4.90 Å². The Bertz CT molecular complexity index is 479. The van der Waals surface area contributed by atoms with E-state index in [-0.39, 0.29) is 12.6 Å². The van der Waals surface area contributed by atoms with E-state index >= 15 is 0 Å². The van der Waals surface area contributed by atoms with Gasteiger partial charge in [0.25, 0.3) is 0 Å². The van der Waals surface area contributed by atoms with Gasteiger partial charge in [0.15, 0.2) is 5.82 Å². The van der Waals surface area contributed by atoms with Crippen LogP contribution in [-0.4, -0.2) is 42.4 Å². The minimum absolute atomic E-state index is 0.000182. The zero-order chi connectivity index (χ0) is 14.5. The van der Waals surface area contributed by atoms with E-state index in [1.54, 1.807) is 12.3 Å². The van der Waals surface area contributed by atoms with Gasteiger partial charge in [0.1, 0.15) is 0 Å². The molecule has 1 aromatic rings. The van der Waals surface area contributed by atoms with Gasteiger partial charge in [-0.25, -0.2) is 9.78 Å². The molecule has 0 aromatic carbocycles. The Kier molecular flexibility index (Phi) is 4.79. The molecular weight excluding hydrogens is 258 g/mol. The third-order valence-corrected chi connectivity index (χ3v) is 3.73. The number of aliphatic hydroxyl groups excluding tert-OH is 1. The van der Waals surface area contributed by atoms with Crippen molar-refractivity contribution in [1.29, 1.82) is 0 Å². The number of pyridine rings is 1. The highest BCUT2D eigenvalue weighted by atomic mass is 16.5. The van der Waals surface area contributed by atoms with Crippen LogP contribution in [0, 0.1) is 0 Å². The maximum absolute atomic E-state index is 11.7. The van der Waals surface area contributed by atoms with Gasteiger partial charge in [0.2, 0.25) is 0 Å². The van der Waals surface area contributed by atoms with Crippen LogP contribution in [0.5, 0.6) is 0 Å². The van der Waals surface area contributed by atoms with E-state index in [1.165, 1.54) is 7.11 Å². The molecular formula is C14H21N3O3. The van der Waals surface area contributed by atoms with Crippen molar-refractivity contribution in [3.05, 3.63) is 17.8 Å². The normalized spacial score (nSPS) is 19.5. The zero-order valence-corrected chi connectivity index (χ0v) is 11.7. The summed E-state index contributed by atoms with van der Waals surface area (Å²) in [6.45, 7) is 0.844. The molecule has 3 N–H and O–H groups in total. The summed E-state index contributed by atoms with van der Waals surface area (Å²) >= 11 is 0. The fourth-order valence-corrected chi connectivity index (χ4v) is 2.62. The van der Waals surface area contributed by atoms with E-state index in [0.29, 0.717) is 17.1 Å². The van der Waals surface area contributed by atoms with Gasteiger partial charge in [-0.1, -0.05) is 12.8 Å². The summed E-state index contributed by atoms with van der Waals surface area (Å²) in [5, 5.41) is 9.56. The standard InChI is InChI=1S/C14H21N3O3/c1-20-14(19)11-6-7-16-13(12(11)15)17-8-4-2-3-5-10(17)9-18/h6-7,10,18H,2-5,8-9,15H2,1H3. The predicted molar refractivity (Wildman–Crippen MR) is 76.7 cm³/mol. The summed E-state index contributed by atoms with van der Waals surface area (Å²) in [6, 6.07) is 1.55. The SMILES string of the molecule is COC(=O)c1ccnc(N2CCCCCC2CO)c1N. The number of nitrogens with two attached hydrogens (primary N) is 1. The largest absolute Gasteiger partial charge is 0.465 e. The number of rotatable bonds is 3. The first-order valence-electron chi connectivity index (χ1n) is 6.89. The second kappa shape index (κ2) is 6.56. The molecule has 0 amide bonds. The summed E-state index contributed by atoms with van der Waals surface area (Å²) in [4.78, 5) is 18.0. The molecule has 110 valence electrons. The van der Waals surface area contributed by atoms with Gasteiger partial charge in [-0.3, -0.25) is 0 Å². The second-order valence-corrected chi connectivity index (χ2v) is 4.97. The van der Waals surface area contributed by atoms with E-state index in [9.17, 15) is 9.90 Å². The number of aromatic nitrogens is 1.